The van der Waals surface area contributed by atoms with Gasteiger partial charge in [-0.1, -0.05) is 0 Å². The van der Waals surface area contributed by atoms with Gasteiger partial charge in [-0.25, -0.2) is 0 Å². The van der Waals surface area contributed by atoms with Crippen molar-refractivity contribution >= 4 is 0 Å². The second-order valence-corrected chi connectivity index (χ2v) is 3.89. The number of hydrogen-bond acceptors (Lipinski definition) is 3. The maximum atomic E-state index is 5.35. The van der Waals surface area contributed by atoms with Crippen LogP contribution in [0.5, 0.6) is 0 Å². The molecular formula is C13H16N2O. The molecule has 84 valence electrons. The van der Waals surface area contributed by atoms with Crippen LogP contribution in [0.2, 0.25) is 0 Å². The Bertz CT molecular complexity index is 476. The van der Waals surface area contributed by atoms with Crippen molar-refractivity contribution in [3.05, 3.63) is 53.2 Å². The molecule has 3 nitrogen and oxygen atoms in total. The summed E-state index contributed by atoms with van der Waals surface area (Å²) in [6.45, 7) is 4.07. The van der Waals surface area contributed by atoms with Crippen LogP contribution in [0, 0.1) is 13.8 Å². The van der Waals surface area contributed by atoms with Gasteiger partial charge in [-0.15, -0.1) is 0 Å². The molecule has 2 heterocycles. The summed E-state index contributed by atoms with van der Waals surface area (Å²) in [7, 11) is 1.95. The number of rotatable bonds is 3. The first-order chi connectivity index (χ1) is 7.74. The number of aromatic nitrogens is 1. The van der Waals surface area contributed by atoms with E-state index in [1.54, 1.807) is 6.26 Å². The van der Waals surface area contributed by atoms with Gasteiger partial charge in [0.1, 0.15) is 5.76 Å². The molecule has 3 heteroatoms. The fraction of sp³-hybridized carbons (Fsp3) is 0.308. The lowest BCUT2D eigenvalue weighted by Crippen LogP contribution is -2.19. The lowest BCUT2D eigenvalue weighted by Gasteiger charge is -2.17. The van der Waals surface area contributed by atoms with Crippen molar-refractivity contribution < 1.29 is 4.42 Å². The smallest absolute Gasteiger partial charge is 0.105 e. The Labute approximate surface area is 95.5 Å². The van der Waals surface area contributed by atoms with E-state index >= 15 is 0 Å². The molecule has 2 aromatic rings. The summed E-state index contributed by atoms with van der Waals surface area (Å²) in [6, 6.07) is 4.17. The fourth-order valence-electron chi connectivity index (χ4n) is 1.95. The van der Waals surface area contributed by atoms with E-state index in [1.165, 1.54) is 16.7 Å². The van der Waals surface area contributed by atoms with Crippen LogP contribution in [0.3, 0.4) is 0 Å². The molecule has 2 rings (SSSR count). The summed E-state index contributed by atoms with van der Waals surface area (Å²) in [5.74, 6) is 0.947. The minimum absolute atomic E-state index is 0.146. The molecule has 0 saturated carbocycles. The maximum Gasteiger partial charge on any atom is 0.105 e. The van der Waals surface area contributed by atoms with Crippen LogP contribution < -0.4 is 5.32 Å². The van der Waals surface area contributed by atoms with E-state index in [2.05, 4.69) is 17.2 Å². The second-order valence-electron chi connectivity index (χ2n) is 3.89. The van der Waals surface area contributed by atoms with Crippen LogP contribution in [-0.2, 0) is 0 Å². The van der Waals surface area contributed by atoms with Crippen LogP contribution >= 0.6 is 0 Å². The Morgan fingerprint density at radius 1 is 1.25 bits per heavy atom. The maximum absolute atomic E-state index is 5.35. The number of furan rings is 1. The van der Waals surface area contributed by atoms with Gasteiger partial charge >= 0.3 is 0 Å². The van der Waals surface area contributed by atoms with Gasteiger partial charge in [0.25, 0.3) is 0 Å². The van der Waals surface area contributed by atoms with E-state index in [1.807, 2.05) is 38.5 Å². The molecule has 0 amide bonds. The zero-order valence-electron chi connectivity index (χ0n) is 9.82. The standard InChI is InChI=1S/C13H16N2O/c1-9-4-6-15-8-12(9)13(14-3)11-5-7-16-10(11)2/h4-8,13-14H,1-3H3. The first-order valence-corrected chi connectivity index (χ1v) is 5.35. The average molecular weight is 216 g/mol. The Balaban J connectivity index is 2.45. The summed E-state index contributed by atoms with van der Waals surface area (Å²) >= 11 is 0. The van der Waals surface area contributed by atoms with Gasteiger partial charge in [0, 0.05) is 18.0 Å². The molecule has 0 radical (unpaired) electrons. The molecule has 0 spiro atoms. The molecule has 1 atom stereocenters. The topological polar surface area (TPSA) is 38.1 Å². The van der Waals surface area contributed by atoms with Gasteiger partial charge in [-0.2, -0.15) is 0 Å². The lowest BCUT2D eigenvalue weighted by atomic mass is 9.97. The Kier molecular flexibility index (Phi) is 3.06. The molecule has 1 unspecified atom stereocenters. The molecule has 1 N–H and O–H groups in total. The van der Waals surface area contributed by atoms with Crippen LogP contribution in [0.4, 0.5) is 0 Å². The van der Waals surface area contributed by atoms with Crippen molar-refractivity contribution in [2.24, 2.45) is 0 Å². The predicted octanol–water partition coefficient (Wildman–Crippen LogP) is 2.60. The highest BCUT2D eigenvalue weighted by atomic mass is 16.3. The zero-order chi connectivity index (χ0) is 11.5. The Morgan fingerprint density at radius 3 is 2.62 bits per heavy atom. The summed E-state index contributed by atoms with van der Waals surface area (Å²) in [5, 5.41) is 3.30. The highest BCUT2D eigenvalue weighted by Crippen LogP contribution is 2.26. The average Bonchev–Trinajstić information content (AvgIpc) is 2.69. The largest absolute Gasteiger partial charge is 0.469 e. The van der Waals surface area contributed by atoms with E-state index in [-0.39, 0.29) is 6.04 Å². The monoisotopic (exact) mass is 216 g/mol. The third kappa shape index (κ3) is 1.86. The molecule has 16 heavy (non-hydrogen) atoms. The van der Waals surface area contributed by atoms with E-state index in [0.717, 1.165) is 5.76 Å². The Hall–Kier alpha value is -1.61. The van der Waals surface area contributed by atoms with Crippen molar-refractivity contribution in [2.45, 2.75) is 19.9 Å². The van der Waals surface area contributed by atoms with Crippen LogP contribution in [0.15, 0.2) is 35.2 Å². The molecule has 0 aromatic carbocycles. The molecule has 0 aliphatic heterocycles. The Morgan fingerprint density at radius 2 is 2.06 bits per heavy atom. The van der Waals surface area contributed by atoms with E-state index in [9.17, 15) is 0 Å². The highest BCUT2D eigenvalue weighted by Gasteiger charge is 2.17. The van der Waals surface area contributed by atoms with Gasteiger partial charge in [0.15, 0.2) is 0 Å². The van der Waals surface area contributed by atoms with Crippen molar-refractivity contribution in [3.8, 4) is 0 Å². The normalized spacial score (nSPS) is 12.7. The third-order valence-electron chi connectivity index (χ3n) is 2.89. The van der Waals surface area contributed by atoms with Gasteiger partial charge < -0.3 is 9.73 Å². The summed E-state index contributed by atoms with van der Waals surface area (Å²) in [5.41, 5.74) is 3.59. The number of hydrogen-bond donors (Lipinski definition) is 1. The van der Waals surface area contributed by atoms with Crippen LogP contribution in [0.1, 0.15) is 28.5 Å². The van der Waals surface area contributed by atoms with Crippen molar-refractivity contribution in [1.82, 2.24) is 10.3 Å². The van der Waals surface area contributed by atoms with Crippen molar-refractivity contribution in [2.75, 3.05) is 7.05 Å². The molecule has 2 aromatic heterocycles. The first-order valence-electron chi connectivity index (χ1n) is 5.35. The molecule has 0 fully saturated rings. The van der Waals surface area contributed by atoms with Gasteiger partial charge in [0.05, 0.1) is 12.3 Å². The van der Waals surface area contributed by atoms with E-state index < -0.39 is 0 Å². The quantitative estimate of drug-likeness (QED) is 0.857. The van der Waals surface area contributed by atoms with Gasteiger partial charge in [0.2, 0.25) is 0 Å². The van der Waals surface area contributed by atoms with Crippen LogP contribution in [-0.4, -0.2) is 12.0 Å². The third-order valence-corrected chi connectivity index (χ3v) is 2.89. The number of aryl methyl sites for hydroxylation is 2. The molecule has 0 saturated heterocycles. The molecule has 0 aliphatic rings. The molecule has 0 aliphatic carbocycles. The number of nitrogens with zero attached hydrogens (tertiary/aromatic N) is 1. The van der Waals surface area contributed by atoms with Crippen LogP contribution in [0.25, 0.3) is 0 Å². The SMILES string of the molecule is CNC(c1cnccc1C)c1ccoc1C. The predicted molar refractivity (Wildman–Crippen MR) is 63.3 cm³/mol. The molecule has 0 bridgehead atoms. The highest BCUT2D eigenvalue weighted by molar-refractivity contribution is 5.35. The first kappa shape index (κ1) is 10.9. The van der Waals surface area contributed by atoms with Crippen molar-refractivity contribution in [3.63, 3.8) is 0 Å². The van der Waals surface area contributed by atoms with Gasteiger partial charge in [-0.05, 0) is 44.2 Å². The lowest BCUT2D eigenvalue weighted by molar-refractivity contribution is 0.523. The molecular weight excluding hydrogens is 200 g/mol. The minimum Gasteiger partial charge on any atom is -0.469 e. The second kappa shape index (κ2) is 4.49. The zero-order valence-corrected chi connectivity index (χ0v) is 9.82. The van der Waals surface area contributed by atoms with E-state index in [4.69, 9.17) is 4.42 Å². The number of pyridine rings is 1. The summed E-state index contributed by atoms with van der Waals surface area (Å²) in [4.78, 5) is 4.18. The van der Waals surface area contributed by atoms with Crippen molar-refractivity contribution in [1.29, 1.82) is 0 Å². The number of nitrogens with one attached hydrogen (secondary N) is 1. The van der Waals surface area contributed by atoms with Gasteiger partial charge in [-0.3, -0.25) is 4.98 Å². The minimum atomic E-state index is 0.146. The summed E-state index contributed by atoms with van der Waals surface area (Å²) in [6.07, 6.45) is 5.44. The fourth-order valence-corrected chi connectivity index (χ4v) is 1.95. The van der Waals surface area contributed by atoms with E-state index in [0.29, 0.717) is 0 Å². The summed E-state index contributed by atoms with van der Waals surface area (Å²) < 4.78 is 5.35.